The van der Waals surface area contributed by atoms with Gasteiger partial charge in [0.05, 0.1) is 34.5 Å². The number of benzene rings is 1. The van der Waals surface area contributed by atoms with Gasteiger partial charge in [0.15, 0.2) is 0 Å². The highest BCUT2D eigenvalue weighted by atomic mass is 32.2. The molecule has 0 aliphatic carbocycles. The quantitative estimate of drug-likeness (QED) is 0.403. The number of primary amides is 1. The monoisotopic (exact) mass is 497 g/mol. The second-order valence-electron chi connectivity index (χ2n) is 8.09. The Labute approximate surface area is 200 Å². The number of aryl methyl sites for hydroxylation is 2. The molecular weight excluding hydrogens is 474 g/mol. The first-order valence-corrected chi connectivity index (χ1v) is 12.8. The minimum Gasteiger partial charge on any atom is -0.369 e. The van der Waals surface area contributed by atoms with E-state index in [0.717, 1.165) is 11.3 Å². The number of rotatable bonds is 7. The van der Waals surface area contributed by atoms with Gasteiger partial charge >= 0.3 is 0 Å². The molecule has 0 aliphatic heterocycles. The Morgan fingerprint density at radius 3 is 2.62 bits per heavy atom. The Kier molecular flexibility index (Phi) is 6.24. The Morgan fingerprint density at radius 2 is 1.94 bits per heavy atom. The highest BCUT2D eigenvalue weighted by Crippen LogP contribution is 2.29. The van der Waals surface area contributed by atoms with Crippen LogP contribution in [-0.2, 0) is 21.4 Å². The van der Waals surface area contributed by atoms with Crippen LogP contribution in [0.3, 0.4) is 0 Å². The molecule has 0 spiro atoms. The third kappa shape index (κ3) is 4.57. The second-order valence-corrected chi connectivity index (χ2v) is 10.9. The SMILES string of the molecule is Cc1ccsc1S(=O)(=O)Nc1cc(-c2ccc3ncn(CC(C)C(N)=O)c(=O)c3c2)cnc1C. The van der Waals surface area contributed by atoms with E-state index in [1.54, 1.807) is 62.7 Å². The van der Waals surface area contributed by atoms with Gasteiger partial charge in [0.25, 0.3) is 15.6 Å². The van der Waals surface area contributed by atoms with E-state index < -0.39 is 21.8 Å². The summed E-state index contributed by atoms with van der Waals surface area (Å²) in [4.78, 5) is 33.1. The zero-order valence-corrected chi connectivity index (χ0v) is 20.4. The van der Waals surface area contributed by atoms with Crippen LogP contribution in [0.1, 0.15) is 18.2 Å². The van der Waals surface area contributed by atoms with Crippen LogP contribution in [-0.4, -0.2) is 28.9 Å². The van der Waals surface area contributed by atoms with Crippen LogP contribution < -0.4 is 16.0 Å². The standard InChI is InChI=1S/C23H23N5O4S2/c1-13-6-7-33-23(13)34(31,32)27-20-9-17(10-25-15(20)3)16-4-5-19-18(8-16)22(30)28(12-26-19)11-14(2)21(24)29/h4-10,12,14,27H,11H2,1-3H3,(H2,24,29). The molecule has 4 rings (SSSR count). The number of nitrogens with one attached hydrogen (secondary N) is 1. The molecule has 11 heteroatoms. The van der Waals surface area contributed by atoms with Crippen LogP contribution >= 0.6 is 11.3 Å². The highest BCUT2D eigenvalue weighted by Gasteiger charge is 2.20. The van der Waals surface area contributed by atoms with Gasteiger partial charge in [-0.25, -0.2) is 13.4 Å². The number of hydrogen-bond acceptors (Lipinski definition) is 7. The molecule has 0 fully saturated rings. The van der Waals surface area contributed by atoms with Crippen molar-refractivity contribution in [2.24, 2.45) is 11.7 Å². The van der Waals surface area contributed by atoms with Crippen LogP contribution in [0.2, 0.25) is 0 Å². The fourth-order valence-corrected chi connectivity index (χ4v) is 6.00. The summed E-state index contributed by atoms with van der Waals surface area (Å²) in [5, 5.41) is 2.10. The number of aromatic nitrogens is 3. The molecule has 0 radical (unpaired) electrons. The van der Waals surface area contributed by atoms with Crippen LogP contribution in [0, 0.1) is 19.8 Å². The topological polar surface area (TPSA) is 137 Å². The molecule has 1 aromatic carbocycles. The van der Waals surface area contributed by atoms with Crippen molar-refractivity contribution in [3.05, 3.63) is 69.8 Å². The third-order valence-electron chi connectivity index (χ3n) is 5.50. The third-order valence-corrected chi connectivity index (χ3v) is 8.56. The van der Waals surface area contributed by atoms with Crippen LogP contribution in [0.5, 0.6) is 0 Å². The molecule has 1 amide bonds. The number of nitrogens with zero attached hydrogens (tertiary/aromatic N) is 3. The molecule has 0 saturated carbocycles. The van der Waals surface area contributed by atoms with Crippen LogP contribution in [0.15, 0.2) is 57.2 Å². The zero-order chi connectivity index (χ0) is 24.6. The van der Waals surface area contributed by atoms with Crippen molar-refractivity contribution in [2.75, 3.05) is 4.72 Å². The number of pyridine rings is 1. The van der Waals surface area contributed by atoms with E-state index in [4.69, 9.17) is 5.73 Å². The molecular formula is C23H23N5O4S2. The van der Waals surface area contributed by atoms with E-state index in [-0.39, 0.29) is 16.3 Å². The summed E-state index contributed by atoms with van der Waals surface area (Å²) in [5.41, 5.74) is 8.38. The predicted octanol–water partition coefficient (Wildman–Crippen LogP) is 3.06. The second kappa shape index (κ2) is 8.99. The van der Waals surface area contributed by atoms with Crippen molar-refractivity contribution in [2.45, 2.75) is 31.5 Å². The lowest BCUT2D eigenvalue weighted by Crippen LogP contribution is -2.30. The number of sulfonamides is 1. The lowest BCUT2D eigenvalue weighted by molar-refractivity contribution is -0.121. The van der Waals surface area contributed by atoms with Gasteiger partial charge in [-0.3, -0.25) is 23.9 Å². The molecule has 9 nitrogen and oxygen atoms in total. The lowest BCUT2D eigenvalue weighted by atomic mass is 10.0. The van der Waals surface area contributed by atoms with E-state index in [1.807, 2.05) is 0 Å². The number of hydrogen-bond donors (Lipinski definition) is 2. The molecule has 0 saturated heterocycles. The summed E-state index contributed by atoms with van der Waals surface area (Å²) in [5.74, 6) is -1.02. The molecule has 34 heavy (non-hydrogen) atoms. The van der Waals surface area contributed by atoms with Crippen molar-refractivity contribution in [3.63, 3.8) is 0 Å². The molecule has 3 heterocycles. The summed E-state index contributed by atoms with van der Waals surface area (Å²) in [6, 6.07) is 8.63. The lowest BCUT2D eigenvalue weighted by Gasteiger charge is -2.13. The molecule has 1 atom stereocenters. The van der Waals surface area contributed by atoms with Gasteiger partial charge < -0.3 is 5.73 Å². The maximum Gasteiger partial charge on any atom is 0.271 e. The summed E-state index contributed by atoms with van der Waals surface area (Å²) in [6.07, 6.45) is 3.02. The van der Waals surface area contributed by atoms with Crippen molar-refractivity contribution in [1.29, 1.82) is 0 Å². The van der Waals surface area contributed by atoms with Gasteiger partial charge in [-0.2, -0.15) is 0 Å². The first-order valence-electron chi connectivity index (χ1n) is 10.4. The summed E-state index contributed by atoms with van der Waals surface area (Å²) >= 11 is 1.15. The van der Waals surface area contributed by atoms with Crippen molar-refractivity contribution >= 4 is 43.9 Å². The Hall–Kier alpha value is -3.57. The fourth-order valence-electron chi connectivity index (χ4n) is 3.47. The van der Waals surface area contributed by atoms with E-state index in [9.17, 15) is 18.0 Å². The van der Waals surface area contributed by atoms with Crippen LogP contribution in [0.25, 0.3) is 22.0 Å². The maximum atomic E-state index is 13.0. The smallest absolute Gasteiger partial charge is 0.271 e. The minimum absolute atomic E-state index is 0.126. The minimum atomic E-state index is -3.76. The predicted molar refractivity (Wildman–Crippen MR) is 132 cm³/mol. The number of carbonyl (C=O) groups is 1. The Balaban J connectivity index is 1.73. The van der Waals surface area contributed by atoms with Crippen molar-refractivity contribution < 1.29 is 13.2 Å². The number of amides is 1. The summed E-state index contributed by atoms with van der Waals surface area (Å²) in [6.45, 7) is 5.23. The van der Waals surface area contributed by atoms with E-state index in [1.165, 1.54) is 10.9 Å². The van der Waals surface area contributed by atoms with Gasteiger partial charge in [0, 0.05) is 18.3 Å². The first kappa shape index (κ1) is 23.6. The van der Waals surface area contributed by atoms with Gasteiger partial charge in [-0.1, -0.05) is 13.0 Å². The molecule has 0 aliphatic rings. The van der Waals surface area contributed by atoms with E-state index >= 15 is 0 Å². The molecule has 3 aromatic heterocycles. The molecule has 0 bridgehead atoms. The summed E-state index contributed by atoms with van der Waals surface area (Å²) in [7, 11) is -3.76. The van der Waals surface area contributed by atoms with Crippen molar-refractivity contribution in [1.82, 2.24) is 14.5 Å². The average molecular weight is 498 g/mol. The first-order chi connectivity index (χ1) is 16.1. The highest BCUT2D eigenvalue weighted by molar-refractivity contribution is 7.94. The van der Waals surface area contributed by atoms with E-state index in [0.29, 0.717) is 39.0 Å². The number of anilines is 1. The van der Waals surface area contributed by atoms with Gasteiger partial charge in [-0.15, -0.1) is 11.3 Å². The van der Waals surface area contributed by atoms with Crippen molar-refractivity contribution in [3.8, 4) is 11.1 Å². The molecule has 1 unspecified atom stereocenters. The number of fused-ring (bicyclic) bond motifs is 1. The van der Waals surface area contributed by atoms with Gasteiger partial charge in [0.1, 0.15) is 4.21 Å². The number of thiophene rings is 1. The van der Waals surface area contributed by atoms with E-state index in [2.05, 4.69) is 14.7 Å². The molecule has 176 valence electrons. The largest absolute Gasteiger partial charge is 0.369 e. The molecule has 4 aromatic rings. The molecule has 3 N–H and O–H groups in total. The van der Waals surface area contributed by atoms with Gasteiger partial charge in [0.2, 0.25) is 5.91 Å². The number of nitrogens with two attached hydrogens (primary N) is 1. The van der Waals surface area contributed by atoms with Gasteiger partial charge in [-0.05, 0) is 54.6 Å². The zero-order valence-electron chi connectivity index (χ0n) is 18.8. The average Bonchev–Trinajstić information content (AvgIpc) is 3.24. The summed E-state index contributed by atoms with van der Waals surface area (Å²) < 4.78 is 30.0. The Bertz CT molecular complexity index is 1570. The van der Waals surface area contributed by atoms with Crippen LogP contribution in [0.4, 0.5) is 5.69 Å². The maximum absolute atomic E-state index is 13.0. The Morgan fingerprint density at radius 1 is 1.18 bits per heavy atom. The normalized spacial score (nSPS) is 12.6. The number of carbonyl (C=O) groups excluding carboxylic acids is 1. The fraction of sp³-hybridized carbons (Fsp3) is 0.217.